The molecule has 0 bridgehead atoms. The van der Waals surface area contributed by atoms with Crippen molar-refractivity contribution in [3.05, 3.63) is 64.2 Å². The van der Waals surface area contributed by atoms with Crippen molar-refractivity contribution in [3.8, 4) is 5.75 Å². The normalized spacial score (nSPS) is 11.3. The van der Waals surface area contributed by atoms with Crippen LogP contribution in [-0.2, 0) is 12.8 Å². The third-order valence-electron chi connectivity index (χ3n) is 2.85. The van der Waals surface area contributed by atoms with E-state index < -0.39 is 22.7 Å². The minimum atomic E-state index is -4.56. The molecule has 0 aliphatic rings. The van der Waals surface area contributed by atoms with Crippen molar-refractivity contribution in [3.63, 3.8) is 0 Å². The standard InChI is InChI=1S/C15H10ClF3O3/c16-13-6-5-11(7-12(13)15(17,18)19)22-8-9-1-3-10(4-2-9)14(20)21/h1-7H,8H2,(H,20,21). The van der Waals surface area contributed by atoms with Gasteiger partial charge in [-0.05, 0) is 35.9 Å². The highest BCUT2D eigenvalue weighted by Gasteiger charge is 2.33. The molecule has 3 nitrogen and oxygen atoms in total. The SMILES string of the molecule is O=C(O)c1ccc(COc2ccc(Cl)c(C(F)(F)F)c2)cc1. The number of aromatic carboxylic acids is 1. The molecule has 0 atom stereocenters. The monoisotopic (exact) mass is 330 g/mol. The number of hydrogen-bond acceptors (Lipinski definition) is 2. The van der Waals surface area contributed by atoms with Crippen LogP contribution in [-0.4, -0.2) is 11.1 Å². The summed E-state index contributed by atoms with van der Waals surface area (Å²) in [5.74, 6) is -1.03. The van der Waals surface area contributed by atoms with Gasteiger partial charge in [-0.2, -0.15) is 13.2 Å². The smallest absolute Gasteiger partial charge is 0.417 e. The molecule has 0 aliphatic carbocycles. The van der Waals surface area contributed by atoms with E-state index in [-0.39, 0.29) is 17.9 Å². The Bertz CT molecular complexity index is 681. The Morgan fingerprint density at radius 2 is 1.77 bits per heavy atom. The second-order valence-corrected chi connectivity index (χ2v) is 4.84. The fourth-order valence-electron chi connectivity index (χ4n) is 1.72. The molecule has 22 heavy (non-hydrogen) atoms. The zero-order valence-corrected chi connectivity index (χ0v) is 11.8. The van der Waals surface area contributed by atoms with Crippen molar-refractivity contribution < 1.29 is 27.8 Å². The molecule has 2 aromatic rings. The lowest BCUT2D eigenvalue weighted by molar-refractivity contribution is -0.137. The van der Waals surface area contributed by atoms with Gasteiger partial charge in [0.05, 0.1) is 16.1 Å². The van der Waals surface area contributed by atoms with Gasteiger partial charge in [0.2, 0.25) is 0 Å². The minimum absolute atomic E-state index is 0.0127. The molecule has 0 amide bonds. The van der Waals surface area contributed by atoms with Gasteiger partial charge in [-0.3, -0.25) is 0 Å². The van der Waals surface area contributed by atoms with Gasteiger partial charge in [-0.15, -0.1) is 0 Å². The zero-order valence-electron chi connectivity index (χ0n) is 11.0. The first-order valence-corrected chi connectivity index (χ1v) is 6.47. The first kappa shape index (κ1) is 16.2. The van der Waals surface area contributed by atoms with Gasteiger partial charge >= 0.3 is 12.1 Å². The molecule has 0 heterocycles. The lowest BCUT2D eigenvalue weighted by Gasteiger charge is -2.12. The summed E-state index contributed by atoms with van der Waals surface area (Å²) in [6.07, 6.45) is -4.56. The molecule has 0 saturated heterocycles. The third kappa shape index (κ3) is 3.92. The number of hydrogen-bond donors (Lipinski definition) is 1. The summed E-state index contributed by atoms with van der Waals surface area (Å²) in [5.41, 5.74) is -0.212. The molecule has 7 heteroatoms. The molecule has 0 fully saturated rings. The van der Waals surface area contributed by atoms with Crippen molar-refractivity contribution in [1.82, 2.24) is 0 Å². The van der Waals surface area contributed by atoms with Crippen LogP contribution >= 0.6 is 11.6 Å². The van der Waals surface area contributed by atoms with Gasteiger partial charge in [0.1, 0.15) is 12.4 Å². The first-order valence-electron chi connectivity index (χ1n) is 6.09. The molecule has 0 aliphatic heterocycles. The number of carboxylic acids is 1. The van der Waals surface area contributed by atoms with Crippen LogP contribution in [0.1, 0.15) is 21.5 Å². The van der Waals surface area contributed by atoms with Crippen LogP contribution in [0.5, 0.6) is 5.75 Å². The molecule has 1 N–H and O–H groups in total. The van der Waals surface area contributed by atoms with E-state index >= 15 is 0 Å². The second kappa shape index (κ2) is 6.27. The quantitative estimate of drug-likeness (QED) is 0.888. The highest BCUT2D eigenvalue weighted by Crippen LogP contribution is 2.36. The van der Waals surface area contributed by atoms with E-state index in [1.807, 2.05) is 0 Å². The zero-order chi connectivity index (χ0) is 16.3. The molecule has 0 saturated carbocycles. The minimum Gasteiger partial charge on any atom is -0.489 e. The average Bonchev–Trinajstić information content (AvgIpc) is 2.45. The number of benzene rings is 2. The molecule has 2 aromatic carbocycles. The molecular formula is C15H10ClF3O3. The lowest BCUT2D eigenvalue weighted by Crippen LogP contribution is -2.06. The Kier molecular flexibility index (Phi) is 4.61. The van der Waals surface area contributed by atoms with E-state index in [0.29, 0.717) is 5.56 Å². The Morgan fingerprint density at radius 3 is 2.32 bits per heavy atom. The van der Waals surface area contributed by atoms with Crippen LogP contribution in [0, 0.1) is 0 Å². The molecule has 116 valence electrons. The van der Waals surface area contributed by atoms with E-state index in [0.717, 1.165) is 12.1 Å². The molecular weight excluding hydrogens is 321 g/mol. The Morgan fingerprint density at radius 1 is 1.14 bits per heavy atom. The first-order chi connectivity index (χ1) is 10.3. The molecule has 0 radical (unpaired) electrons. The summed E-state index contributed by atoms with van der Waals surface area (Å²) in [6, 6.07) is 9.13. The molecule has 0 spiro atoms. The second-order valence-electron chi connectivity index (χ2n) is 4.43. The Balaban J connectivity index is 2.10. The largest absolute Gasteiger partial charge is 0.489 e. The lowest BCUT2D eigenvalue weighted by atomic mass is 10.1. The van der Waals surface area contributed by atoms with E-state index in [1.165, 1.54) is 30.3 Å². The van der Waals surface area contributed by atoms with Crippen molar-refractivity contribution in [1.29, 1.82) is 0 Å². The van der Waals surface area contributed by atoms with Crippen LogP contribution in [0.3, 0.4) is 0 Å². The van der Waals surface area contributed by atoms with Crippen LogP contribution < -0.4 is 4.74 Å². The fourth-order valence-corrected chi connectivity index (χ4v) is 1.95. The maximum Gasteiger partial charge on any atom is 0.417 e. The van der Waals surface area contributed by atoms with Crippen LogP contribution in [0.4, 0.5) is 13.2 Å². The number of carboxylic acid groups (broad SMARTS) is 1. The highest BCUT2D eigenvalue weighted by atomic mass is 35.5. The molecule has 0 aromatic heterocycles. The summed E-state index contributed by atoms with van der Waals surface area (Å²) in [7, 11) is 0. The maximum absolute atomic E-state index is 12.7. The highest BCUT2D eigenvalue weighted by molar-refractivity contribution is 6.31. The van der Waals surface area contributed by atoms with Crippen molar-refractivity contribution in [2.24, 2.45) is 0 Å². The Hall–Kier alpha value is -2.21. The van der Waals surface area contributed by atoms with Gasteiger partial charge in [-0.1, -0.05) is 23.7 Å². The number of halogens is 4. The maximum atomic E-state index is 12.7. The summed E-state index contributed by atoms with van der Waals surface area (Å²) in [6.45, 7) is 0.0127. The van der Waals surface area contributed by atoms with Crippen molar-refractivity contribution in [2.75, 3.05) is 0 Å². The Labute approximate surface area is 128 Å². The summed E-state index contributed by atoms with van der Waals surface area (Å²) < 4.78 is 43.4. The number of alkyl halides is 3. The third-order valence-corrected chi connectivity index (χ3v) is 3.18. The van der Waals surface area contributed by atoms with Crippen molar-refractivity contribution >= 4 is 17.6 Å². The average molecular weight is 331 g/mol. The van der Waals surface area contributed by atoms with Crippen LogP contribution in [0.25, 0.3) is 0 Å². The number of carbonyl (C=O) groups is 1. The fraction of sp³-hybridized carbons (Fsp3) is 0.133. The molecule has 0 unspecified atom stereocenters. The van der Waals surface area contributed by atoms with E-state index in [4.69, 9.17) is 21.4 Å². The van der Waals surface area contributed by atoms with E-state index in [2.05, 4.69) is 0 Å². The molecule has 2 rings (SSSR count). The number of ether oxygens (including phenoxy) is 1. The summed E-state index contributed by atoms with van der Waals surface area (Å²) in [5, 5.41) is 8.37. The van der Waals surface area contributed by atoms with Gasteiger partial charge in [-0.25, -0.2) is 4.79 Å². The van der Waals surface area contributed by atoms with Crippen molar-refractivity contribution in [2.45, 2.75) is 12.8 Å². The van der Waals surface area contributed by atoms with E-state index in [9.17, 15) is 18.0 Å². The van der Waals surface area contributed by atoms with Gasteiger partial charge < -0.3 is 9.84 Å². The number of rotatable bonds is 4. The van der Waals surface area contributed by atoms with E-state index in [1.54, 1.807) is 0 Å². The van der Waals surface area contributed by atoms with Crippen LogP contribution in [0.15, 0.2) is 42.5 Å². The van der Waals surface area contributed by atoms with Gasteiger partial charge in [0, 0.05) is 0 Å². The van der Waals surface area contributed by atoms with Gasteiger partial charge in [0.15, 0.2) is 0 Å². The summed E-state index contributed by atoms with van der Waals surface area (Å²) in [4.78, 5) is 10.7. The topological polar surface area (TPSA) is 46.5 Å². The van der Waals surface area contributed by atoms with Gasteiger partial charge in [0.25, 0.3) is 0 Å². The predicted octanol–water partition coefficient (Wildman–Crippen LogP) is 4.64. The predicted molar refractivity (Wildman–Crippen MR) is 74.2 cm³/mol. The van der Waals surface area contributed by atoms with Crippen LogP contribution in [0.2, 0.25) is 5.02 Å². The summed E-state index contributed by atoms with van der Waals surface area (Å²) >= 11 is 5.51.